The Labute approximate surface area is 296 Å². The smallest absolute Gasteiger partial charge is 0.305 e. The quantitative estimate of drug-likeness (QED) is 0.0297. The number of rotatable bonds is 36. The van der Waals surface area contributed by atoms with E-state index >= 15 is 0 Å². The Balaban J connectivity index is 3.59. The highest BCUT2D eigenvalue weighted by atomic mass is 16.6. The average Bonchev–Trinajstić information content (AvgIpc) is 3.08. The van der Waals surface area contributed by atoms with Gasteiger partial charge in [0.05, 0.1) is 6.10 Å². The third-order valence-corrected chi connectivity index (χ3v) is 8.73. The molecule has 0 aromatic heterocycles. The zero-order valence-electron chi connectivity index (χ0n) is 31.4. The Bertz CT molecular complexity index is 789. The molecule has 0 aliphatic heterocycles. The minimum absolute atomic E-state index is 0.163. The van der Waals surface area contributed by atoms with Crippen molar-refractivity contribution < 1.29 is 29.3 Å². The van der Waals surface area contributed by atoms with Gasteiger partial charge < -0.3 is 19.7 Å². The van der Waals surface area contributed by atoms with Crippen molar-refractivity contribution in [2.24, 2.45) is 0 Å². The largest absolute Gasteiger partial charge is 0.463 e. The van der Waals surface area contributed by atoms with Crippen molar-refractivity contribution in [1.82, 2.24) is 0 Å². The highest BCUT2D eigenvalue weighted by Crippen LogP contribution is 2.14. The van der Waals surface area contributed by atoms with Gasteiger partial charge in [0.2, 0.25) is 0 Å². The van der Waals surface area contributed by atoms with Gasteiger partial charge in [-0.05, 0) is 38.5 Å². The second-order valence-electron chi connectivity index (χ2n) is 13.6. The lowest BCUT2D eigenvalue weighted by Gasteiger charge is -2.12. The topological polar surface area (TPSA) is 93.1 Å². The molecule has 0 saturated heterocycles. The molecule has 6 heteroatoms. The van der Waals surface area contributed by atoms with Crippen molar-refractivity contribution in [3.8, 4) is 0 Å². The zero-order valence-corrected chi connectivity index (χ0v) is 31.4. The van der Waals surface area contributed by atoms with Gasteiger partial charge in [-0.3, -0.25) is 9.59 Å². The van der Waals surface area contributed by atoms with Crippen molar-refractivity contribution in [3.63, 3.8) is 0 Å². The van der Waals surface area contributed by atoms with E-state index in [9.17, 15) is 19.8 Å². The number of aliphatic hydroxyl groups is 2. The molecule has 0 aliphatic carbocycles. The van der Waals surface area contributed by atoms with Gasteiger partial charge in [-0.2, -0.15) is 0 Å². The predicted molar refractivity (Wildman–Crippen MR) is 202 cm³/mol. The first-order valence-corrected chi connectivity index (χ1v) is 20.1. The molecule has 0 rings (SSSR count). The molecular weight excluding hydrogens is 600 g/mol. The first-order chi connectivity index (χ1) is 23.5. The Morgan fingerprint density at radius 1 is 0.521 bits per heavy atom. The van der Waals surface area contributed by atoms with E-state index in [-0.39, 0.29) is 25.6 Å². The van der Waals surface area contributed by atoms with Crippen LogP contribution in [0.25, 0.3) is 0 Å². The standard InChI is InChI=1S/C42H76O6/c1-3-5-7-9-11-13-15-17-18-19-21-23-25-27-29-31-35-41(45)47-37-40(44)38-48-42(46)36-32-34-39(43)33-30-28-26-24-22-20-16-14-12-10-8-6-4-2/h20,22,26,28,30,33,39-40,43-44H,3-19,21,23-25,27,29,31-32,34-38H2,1-2H3/b22-20+,28-26+,33-30+/t39?,40-/m1/s1. The summed E-state index contributed by atoms with van der Waals surface area (Å²) in [5, 5.41) is 20.1. The number of unbranched alkanes of at least 4 members (excludes halogenated alkanes) is 21. The summed E-state index contributed by atoms with van der Waals surface area (Å²) < 4.78 is 10.2. The molecule has 1 unspecified atom stereocenters. The van der Waals surface area contributed by atoms with Crippen molar-refractivity contribution >= 4 is 11.9 Å². The number of hydrogen-bond donors (Lipinski definition) is 2. The van der Waals surface area contributed by atoms with E-state index in [4.69, 9.17) is 9.47 Å². The van der Waals surface area contributed by atoms with E-state index < -0.39 is 18.2 Å². The Morgan fingerprint density at radius 2 is 0.958 bits per heavy atom. The molecule has 0 fully saturated rings. The predicted octanol–water partition coefficient (Wildman–Crippen LogP) is 11.4. The maximum atomic E-state index is 12.0. The molecule has 0 saturated carbocycles. The molecule has 0 heterocycles. The number of carbonyl (C=O) groups is 2. The molecule has 48 heavy (non-hydrogen) atoms. The van der Waals surface area contributed by atoms with E-state index in [1.54, 1.807) is 6.08 Å². The molecule has 6 nitrogen and oxygen atoms in total. The van der Waals surface area contributed by atoms with E-state index in [2.05, 4.69) is 32.1 Å². The van der Waals surface area contributed by atoms with E-state index in [0.29, 0.717) is 19.3 Å². The maximum absolute atomic E-state index is 12.0. The number of carbonyl (C=O) groups excluding carboxylic acids is 2. The number of allylic oxidation sites excluding steroid dienone is 5. The number of hydrogen-bond acceptors (Lipinski definition) is 6. The molecule has 0 bridgehead atoms. The number of aliphatic hydroxyl groups excluding tert-OH is 2. The van der Waals surface area contributed by atoms with Gasteiger partial charge in [-0.25, -0.2) is 0 Å². The highest BCUT2D eigenvalue weighted by molar-refractivity contribution is 5.69. The van der Waals surface area contributed by atoms with Crippen LogP contribution in [0.15, 0.2) is 36.5 Å². The first kappa shape index (κ1) is 46.1. The Hall–Kier alpha value is -1.92. The van der Waals surface area contributed by atoms with Crippen LogP contribution in [0, 0.1) is 0 Å². The molecule has 0 aromatic rings. The van der Waals surface area contributed by atoms with Crippen LogP contribution in [-0.4, -0.2) is 47.6 Å². The van der Waals surface area contributed by atoms with Crippen LogP contribution < -0.4 is 0 Å². The van der Waals surface area contributed by atoms with E-state index in [0.717, 1.165) is 32.1 Å². The normalized spacial score (nSPS) is 13.2. The van der Waals surface area contributed by atoms with Gasteiger partial charge in [0.25, 0.3) is 0 Å². The summed E-state index contributed by atoms with van der Waals surface area (Å²) in [7, 11) is 0. The second-order valence-corrected chi connectivity index (χ2v) is 13.6. The van der Waals surface area contributed by atoms with E-state index in [1.807, 2.05) is 12.2 Å². The highest BCUT2D eigenvalue weighted by Gasteiger charge is 2.12. The molecular formula is C42H76O6. The van der Waals surface area contributed by atoms with Crippen molar-refractivity contribution in [2.75, 3.05) is 13.2 Å². The van der Waals surface area contributed by atoms with Crippen LogP contribution in [0.2, 0.25) is 0 Å². The molecule has 0 aliphatic rings. The lowest BCUT2D eigenvalue weighted by atomic mass is 10.0. The summed E-state index contributed by atoms with van der Waals surface area (Å²) in [5.41, 5.74) is 0. The lowest BCUT2D eigenvalue weighted by Crippen LogP contribution is -2.25. The van der Waals surface area contributed by atoms with Gasteiger partial charge in [0.15, 0.2) is 0 Å². The first-order valence-electron chi connectivity index (χ1n) is 20.1. The fourth-order valence-electron chi connectivity index (χ4n) is 5.62. The zero-order chi connectivity index (χ0) is 35.2. The summed E-state index contributed by atoms with van der Waals surface area (Å²) in [4.78, 5) is 23.9. The third kappa shape index (κ3) is 36.9. The summed E-state index contributed by atoms with van der Waals surface area (Å²) >= 11 is 0. The van der Waals surface area contributed by atoms with Crippen molar-refractivity contribution in [1.29, 1.82) is 0 Å². The van der Waals surface area contributed by atoms with Gasteiger partial charge in [-0.1, -0.05) is 179 Å². The molecule has 0 radical (unpaired) electrons. The molecule has 280 valence electrons. The number of esters is 2. The van der Waals surface area contributed by atoms with Crippen LogP contribution in [-0.2, 0) is 19.1 Å². The Morgan fingerprint density at radius 3 is 1.46 bits per heavy atom. The van der Waals surface area contributed by atoms with Crippen LogP contribution in [0.3, 0.4) is 0 Å². The summed E-state index contributed by atoms with van der Waals surface area (Å²) in [5.74, 6) is -0.750. The van der Waals surface area contributed by atoms with Gasteiger partial charge in [0.1, 0.15) is 19.3 Å². The molecule has 0 amide bonds. The maximum Gasteiger partial charge on any atom is 0.305 e. The minimum Gasteiger partial charge on any atom is -0.463 e. The molecule has 0 aromatic carbocycles. The van der Waals surface area contributed by atoms with Crippen molar-refractivity contribution in [2.45, 2.75) is 206 Å². The summed E-state index contributed by atoms with van der Waals surface area (Å²) in [6.45, 7) is 4.14. The third-order valence-electron chi connectivity index (χ3n) is 8.73. The van der Waals surface area contributed by atoms with Crippen LogP contribution >= 0.6 is 0 Å². The summed E-state index contributed by atoms with van der Waals surface area (Å²) in [6, 6.07) is 0. The Kier molecular flexibility index (Phi) is 36.4. The number of ether oxygens (including phenoxy) is 2. The van der Waals surface area contributed by atoms with Crippen LogP contribution in [0.5, 0.6) is 0 Å². The monoisotopic (exact) mass is 677 g/mol. The fraction of sp³-hybridized carbons (Fsp3) is 0.810. The van der Waals surface area contributed by atoms with E-state index in [1.165, 1.54) is 122 Å². The van der Waals surface area contributed by atoms with Crippen LogP contribution in [0.1, 0.15) is 194 Å². The molecule has 2 atom stereocenters. The SMILES string of the molecule is CCCCCCCC/C=C/C/C=C/C=C/C(O)CCCC(=O)OC[C@H](O)COC(=O)CCCCCCCCCCCCCCCCCC. The van der Waals surface area contributed by atoms with Crippen molar-refractivity contribution in [3.05, 3.63) is 36.5 Å². The lowest BCUT2D eigenvalue weighted by molar-refractivity contribution is -0.152. The molecule has 0 spiro atoms. The fourth-order valence-corrected chi connectivity index (χ4v) is 5.62. The second kappa shape index (κ2) is 37.9. The minimum atomic E-state index is -1.03. The average molecular weight is 677 g/mol. The van der Waals surface area contributed by atoms with Crippen LogP contribution in [0.4, 0.5) is 0 Å². The van der Waals surface area contributed by atoms with Gasteiger partial charge >= 0.3 is 11.9 Å². The van der Waals surface area contributed by atoms with Gasteiger partial charge in [0, 0.05) is 12.8 Å². The summed E-state index contributed by atoms with van der Waals surface area (Å²) in [6.07, 6.45) is 42.3. The molecule has 2 N–H and O–H groups in total. The van der Waals surface area contributed by atoms with Gasteiger partial charge in [-0.15, -0.1) is 0 Å².